The Morgan fingerprint density at radius 3 is 1.62 bits per heavy atom. The molecule has 0 aliphatic rings. The summed E-state index contributed by atoms with van der Waals surface area (Å²) >= 11 is 0. The molecular formula is C19H25N5. The van der Waals surface area contributed by atoms with Crippen LogP contribution in [-0.4, -0.2) is 25.4 Å². The molecule has 2 N–H and O–H groups in total. The third-order valence-corrected chi connectivity index (χ3v) is 4.30. The second-order valence-corrected chi connectivity index (χ2v) is 6.96. The molecule has 5 heteroatoms. The Morgan fingerprint density at radius 2 is 1.29 bits per heavy atom. The molecule has 3 heterocycles. The summed E-state index contributed by atoms with van der Waals surface area (Å²) in [7, 11) is 0. The molecule has 0 aromatic carbocycles. The maximum atomic E-state index is 4.95. The number of pyridine rings is 1. The number of H-pyrrole nitrogens is 2. The fourth-order valence-electron chi connectivity index (χ4n) is 3.29. The van der Waals surface area contributed by atoms with Crippen molar-refractivity contribution >= 4 is 0 Å². The highest BCUT2D eigenvalue weighted by Crippen LogP contribution is 2.31. The predicted molar refractivity (Wildman–Crippen MR) is 96.9 cm³/mol. The minimum atomic E-state index is 0.589. The van der Waals surface area contributed by atoms with Crippen molar-refractivity contribution in [2.45, 2.75) is 48.0 Å². The molecule has 0 fully saturated rings. The molecule has 0 aliphatic heterocycles. The first-order valence-corrected chi connectivity index (χ1v) is 8.41. The number of aromatic nitrogens is 5. The molecular weight excluding hydrogens is 298 g/mol. The Hall–Kier alpha value is -2.43. The molecule has 0 unspecified atom stereocenters. The molecule has 0 radical (unpaired) electrons. The highest BCUT2D eigenvalue weighted by atomic mass is 15.1. The van der Waals surface area contributed by atoms with E-state index in [9.17, 15) is 0 Å². The SMILES string of the molecule is Cc1n[nH]c(C)c1-c1cc(CC(C)C)cc(-c2c(C)n[nH]c2C)n1. The van der Waals surface area contributed by atoms with Gasteiger partial charge in [-0.2, -0.15) is 10.2 Å². The molecule has 0 spiro atoms. The van der Waals surface area contributed by atoms with E-state index in [1.807, 2.05) is 27.7 Å². The van der Waals surface area contributed by atoms with Crippen molar-refractivity contribution < 1.29 is 0 Å². The normalized spacial score (nSPS) is 11.5. The summed E-state index contributed by atoms with van der Waals surface area (Å²) in [6.45, 7) is 12.6. The Labute approximate surface area is 142 Å². The van der Waals surface area contributed by atoms with Gasteiger partial charge in [0.2, 0.25) is 0 Å². The molecule has 0 atom stereocenters. The van der Waals surface area contributed by atoms with E-state index < -0.39 is 0 Å². The van der Waals surface area contributed by atoms with E-state index in [0.717, 1.165) is 51.7 Å². The van der Waals surface area contributed by atoms with Gasteiger partial charge in [-0.15, -0.1) is 0 Å². The van der Waals surface area contributed by atoms with Crippen LogP contribution in [-0.2, 0) is 6.42 Å². The van der Waals surface area contributed by atoms with Crippen molar-refractivity contribution in [1.29, 1.82) is 0 Å². The van der Waals surface area contributed by atoms with Gasteiger partial charge in [-0.1, -0.05) is 13.8 Å². The highest BCUT2D eigenvalue weighted by Gasteiger charge is 2.17. The molecule has 24 heavy (non-hydrogen) atoms. The fourth-order valence-corrected chi connectivity index (χ4v) is 3.29. The lowest BCUT2D eigenvalue weighted by molar-refractivity contribution is 0.647. The summed E-state index contributed by atoms with van der Waals surface area (Å²) in [5, 5.41) is 14.8. The number of hydrogen-bond donors (Lipinski definition) is 2. The van der Waals surface area contributed by atoms with Crippen LogP contribution < -0.4 is 0 Å². The van der Waals surface area contributed by atoms with Gasteiger partial charge in [-0.3, -0.25) is 10.2 Å². The monoisotopic (exact) mass is 323 g/mol. The Balaban J connectivity index is 2.22. The molecule has 0 saturated heterocycles. The van der Waals surface area contributed by atoms with Crippen LogP contribution in [0.15, 0.2) is 12.1 Å². The quantitative estimate of drug-likeness (QED) is 0.752. The van der Waals surface area contributed by atoms with E-state index in [4.69, 9.17) is 4.98 Å². The summed E-state index contributed by atoms with van der Waals surface area (Å²) in [6.07, 6.45) is 1.02. The average Bonchev–Trinajstić information content (AvgIpc) is 3.00. The maximum Gasteiger partial charge on any atom is 0.0749 e. The lowest BCUT2D eigenvalue weighted by atomic mass is 9.98. The van der Waals surface area contributed by atoms with Crippen molar-refractivity contribution in [2.75, 3.05) is 0 Å². The molecule has 0 aliphatic carbocycles. The molecule has 126 valence electrons. The van der Waals surface area contributed by atoms with E-state index in [1.165, 1.54) is 5.56 Å². The van der Waals surface area contributed by atoms with E-state index in [1.54, 1.807) is 0 Å². The van der Waals surface area contributed by atoms with Crippen LogP contribution in [0.5, 0.6) is 0 Å². The van der Waals surface area contributed by atoms with Gasteiger partial charge in [-0.05, 0) is 57.7 Å². The number of hydrogen-bond acceptors (Lipinski definition) is 3. The standard InChI is InChI=1S/C19H25N5/c1-10(2)7-15-8-16(18-11(3)21-22-12(18)4)20-17(9-15)19-13(5)23-24-14(19)6/h8-10H,7H2,1-6H3,(H,21,22)(H,23,24). The van der Waals surface area contributed by atoms with Gasteiger partial charge in [-0.25, -0.2) is 4.98 Å². The first-order chi connectivity index (χ1) is 11.4. The third kappa shape index (κ3) is 2.98. The topological polar surface area (TPSA) is 70.2 Å². The maximum absolute atomic E-state index is 4.95. The van der Waals surface area contributed by atoms with Gasteiger partial charge in [0.1, 0.15) is 0 Å². The van der Waals surface area contributed by atoms with Crippen LogP contribution in [0, 0.1) is 33.6 Å². The van der Waals surface area contributed by atoms with Gasteiger partial charge in [0, 0.05) is 22.5 Å². The molecule has 0 bridgehead atoms. The first-order valence-electron chi connectivity index (χ1n) is 8.41. The molecule has 3 rings (SSSR count). The van der Waals surface area contributed by atoms with Gasteiger partial charge < -0.3 is 0 Å². The number of rotatable bonds is 4. The predicted octanol–water partition coefficient (Wildman–Crippen LogP) is 4.29. The Morgan fingerprint density at radius 1 is 0.833 bits per heavy atom. The van der Waals surface area contributed by atoms with Crippen LogP contribution >= 0.6 is 0 Å². The van der Waals surface area contributed by atoms with Crippen molar-refractivity contribution in [2.24, 2.45) is 5.92 Å². The first kappa shape index (κ1) is 16.4. The van der Waals surface area contributed by atoms with Crippen molar-refractivity contribution in [3.8, 4) is 22.5 Å². The van der Waals surface area contributed by atoms with Crippen LogP contribution in [0.1, 0.15) is 42.2 Å². The van der Waals surface area contributed by atoms with E-state index in [-0.39, 0.29) is 0 Å². The largest absolute Gasteiger partial charge is 0.282 e. The number of aromatic amines is 2. The van der Waals surface area contributed by atoms with Gasteiger partial charge in [0.15, 0.2) is 0 Å². The summed E-state index contributed by atoms with van der Waals surface area (Å²) < 4.78 is 0. The highest BCUT2D eigenvalue weighted by molar-refractivity contribution is 5.72. The number of aryl methyl sites for hydroxylation is 4. The summed E-state index contributed by atoms with van der Waals surface area (Å²) in [6, 6.07) is 4.39. The van der Waals surface area contributed by atoms with Crippen LogP contribution in [0.2, 0.25) is 0 Å². The zero-order valence-electron chi connectivity index (χ0n) is 15.3. The summed E-state index contributed by atoms with van der Waals surface area (Å²) in [5.74, 6) is 0.589. The lowest BCUT2D eigenvalue weighted by Gasteiger charge is -2.11. The smallest absolute Gasteiger partial charge is 0.0749 e. The number of nitrogens with one attached hydrogen (secondary N) is 2. The molecule has 0 saturated carbocycles. The second kappa shape index (κ2) is 6.23. The average molecular weight is 323 g/mol. The van der Waals surface area contributed by atoms with Crippen LogP contribution in [0.25, 0.3) is 22.5 Å². The molecule has 3 aromatic rings. The third-order valence-electron chi connectivity index (χ3n) is 4.30. The van der Waals surface area contributed by atoms with Crippen LogP contribution in [0.4, 0.5) is 0 Å². The minimum Gasteiger partial charge on any atom is -0.282 e. The molecule has 3 aromatic heterocycles. The second-order valence-electron chi connectivity index (χ2n) is 6.96. The molecule has 0 amide bonds. The van der Waals surface area contributed by atoms with E-state index in [0.29, 0.717) is 5.92 Å². The Bertz CT molecular complexity index is 767. The summed E-state index contributed by atoms with van der Waals surface area (Å²) in [5.41, 5.74) is 9.51. The van der Waals surface area contributed by atoms with Gasteiger partial charge in [0.25, 0.3) is 0 Å². The van der Waals surface area contributed by atoms with E-state index >= 15 is 0 Å². The van der Waals surface area contributed by atoms with Gasteiger partial charge >= 0.3 is 0 Å². The van der Waals surface area contributed by atoms with E-state index in [2.05, 4.69) is 46.4 Å². The minimum absolute atomic E-state index is 0.589. The van der Waals surface area contributed by atoms with Crippen molar-refractivity contribution in [3.63, 3.8) is 0 Å². The zero-order valence-corrected chi connectivity index (χ0v) is 15.3. The zero-order chi connectivity index (χ0) is 17.4. The van der Waals surface area contributed by atoms with Gasteiger partial charge in [0.05, 0.1) is 22.8 Å². The Kier molecular flexibility index (Phi) is 4.26. The molecule has 5 nitrogen and oxygen atoms in total. The fraction of sp³-hybridized carbons (Fsp3) is 0.421. The number of nitrogens with zero attached hydrogens (tertiary/aromatic N) is 3. The van der Waals surface area contributed by atoms with Crippen molar-refractivity contribution in [3.05, 3.63) is 40.5 Å². The summed E-state index contributed by atoms with van der Waals surface area (Å²) in [4.78, 5) is 4.95. The van der Waals surface area contributed by atoms with Crippen LogP contribution in [0.3, 0.4) is 0 Å². The van der Waals surface area contributed by atoms with Crippen molar-refractivity contribution in [1.82, 2.24) is 25.4 Å². The lowest BCUT2D eigenvalue weighted by Crippen LogP contribution is -1.99.